The van der Waals surface area contributed by atoms with E-state index in [1.807, 2.05) is 18.2 Å². The Morgan fingerprint density at radius 2 is 2.16 bits per heavy atom. The minimum atomic E-state index is -0.732. The molecule has 1 aliphatic heterocycles. The fourth-order valence-corrected chi connectivity index (χ4v) is 5.19. The highest BCUT2D eigenvalue weighted by atomic mass is 35.5. The predicted molar refractivity (Wildman–Crippen MR) is 123 cm³/mol. The van der Waals surface area contributed by atoms with Gasteiger partial charge in [-0.1, -0.05) is 16.8 Å². The van der Waals surface area contributed by atoms with Crippen LogP contribution in [0.15, 0.2) is 24.4 Å². The van der Waals surface area contributed by atoms with E-state index in [-0.39, 0.29) is 23.9 Å². The number of hydrogen-bond acceptors (Lipinski definition) is 8. The maximum atomic E-state index is 12.5. The molecule has 31 heavy (non-hydrogen) atoms. The lowest BCUT2D eigenvalue weighted by atomic mass is 10.1. The topological polar surface area (TPSA) is 102 Å². The summed E-state index contributed by atoms with van der Waals surface area (Å²) in [4.78, 5) is 28.9. The third-order valence-electron chi connectivity index (χ3n) is 5.44. The SMILES string of the molecule is C[C@H](Cc1ccc(Cl)s1)Nc1ccnc(N[C@@H]2CCC(C(=O)N3OC(C)(C)O3)C2)c1N. The van der Waals surface area contributed by atoms with E-state index in [2.05, 4.69) is 22.5 Å². The average molecular weight is 466 g/mol. The van der Waals surface area contributed by atoms with Gasteiger partial charge in [0.2, 0.25) is 5.79 Å². The minimum Gasteiger partial charge on any atom is -0.394 e. The Kier molecular flexibility index (Phi) is 6.30. The zero-order chi connectivity index (χ0) is 22.2. The normalized spacial score (nSPS) is 23.3. The number of hydroxylamine groups is 2. The molecule has 2 aromatic rings. The Bertz CT molecular complexity index is 945. The van der Waals surface area contributed by atoms with Gasteiger partial charge in [-0.3, -0.25) is 4.79 Å². The van der Waals surface area contributed by atoms with Crippen LogP contribution in [-0.4, -0.2) is 34.0 Å². The molecule has 1 aliphatic carbocycles. The molecule has 1 saturated carbocycles. The van der Waals surface area contributed by atoms with Crippen molar-refractivity contribution in [3.63, 3.8) is 0 Å². The van der Waals surface area contributed by atoms with Crippen molar-refractivity contribution in [1.29, 1.82) is 0 Å². The second-order valence-corrected chi connectivity index (χ2v) is 10.4. The Balaban J connectivity index is 1.32. The molecule has 2 aliphatic rings. The van der Waals surface area contributed by atoms with Crippen LogP contribution in [0.2, 0.25) is 4.34 Å². The zero-order valence-corrected chi connectivity index (χ0v) is 19.4. The Hall–Kier alpha value is -2.07. The number of aromatic nitrogens is 1. The first-order valence-corrected chi connectivity index (χ1v) is 11.6. The van der Waals surface area contributed by atoms with Crippen molar-refractivity contribution in [2.24, 2.45) is 5.92 Å². The number of pyridine rings is 1. The standard InChI is InChI=1S/C21H28ClN5O3S/c1-12(10-15-6-7-17(22)31-15)25-16-8-9-24-19(18(16)23)26-14-5-4-13(11-14)20(28)27-29-21(2,3)30-27/h6-9,12-14H,4-5,10-11,23H2,1-3H3,(H2,24,25,26)/t12-,13?,14-/m1/s1. The van der Waals surface area contributed by atoms with E-state index in [4.69, 9.17) is 27.0 Å². The van der Waals surface area contributed by atoms with Gasteiger partial charge in [0.05, 0.1) is 15.7 Å². The summed E-state index contributed by atoms with van der Waals surface area (Å²) in [5.74, 6) is -0.381. The number of amides is 1. The van der Waals surface area contributed by atoms with Gasteiger partial charge in [-0.2, -0.15) is 0 Å². The summed E-state index contributed by atoms with van der Waals surface area (Å²) >= 11 is 7.61. The number of nitrogens with two attached hydrogens (primary N) is 1. The average Bonchev–Trinajstić information content (AvgIpc) is 3.31. The molecule has 1 amide bonds. The lowest BCUT2D eigenvalue weighted by Gasteiger charge is -2.42. The summed E-state index contributed by atoms with van der Waals surface area (Å²) in [6, 6.07) is 6.13. The molecule has 2 fully saturated rings. The van der Waals surface area contributed by atoms with E-state index >= 15 is 0 Å². The van der Waals surface area contributed by atoms with E-state index in [1.165, 1.54) is 4.88 Å². The summed E-state index contributed by atoms with van der Waals surface area (Å²) in [5.41, 5.74) is 7.80. The lowest BCUT2D eigenvalue weighted by molar-refractivity contribution is -0.579. The molecule has 3 heterocycles. The quantitative estimate of drug-likeness (QED) is 0.555. The first-order valence-electron chi connectivity index (χ1n) is 10.4. The van der Waals surface area contributed by atoms with Crippen LogP contribution < -0.4 is 16.4 Å². The monoisotopic (exact) mass is 465 g/mol. The van der Waals surface area contributed by atoms with E-state index in [0.29, 0.717) is 17.9 Å². The maximum absolute atomic E-state index is 12.5. The number of thiophene rings is 1. The molecule has 4 N–H and O–H groups in total. The van der Waals surface area contributed by atoms with Crippen molar-refractivity contribution in [3.05, 3.63) is 33.6 Å². The highest BCUT2D eigenvalue weighted by Crippen LogP contribution is 2.36. The van der Waals surface area contributed by atoms with Crippen LogP contribution in [0, 0.1) is 5.92 Å². The van der Waals surface area contributed by atoms with Crippen LogP contribution >= 0.6 is 22.9 Å². The van der Waals surface area contributed by atoms with Gasteiger partial charge < -0.3 is 16.4 Å². The molecule has 0 spiro atoms. The van der Waals surface area contributed by atoms with Crippen molar-refractivity contribution in [3.8, 4) is 0 Å². The van der Waals surface area contributed by atoms with Gasteiger partial charge in [-0.25, -0.2) is 14.7 Å². The summed E-state index contributed by atoms with van der Waals surface area (Å²) in [6.45, 7) is 5.64. The summed E-state index contributed by atoms with van der Waals surface area (Å²) in [5, 5.41) is 7.88. The van der Waals surface area contributed by atoms with Gasteiger partial charge in [0.25, 0.3) is 5.91 Å². The molecule has 0 aromatic carbocycles. The molecular weight excluding hydrogens is 438 g/mol. The third-order valence-corrected chi connectivity index (χ3v) is 6.69. The summed E-state index contributed by atoms with van der Waals surface area (Å²) in [7, 11) is 0. The van der Waals surface area contributed by atoms with Crippen molar-refractivity contribution >= 4 is 46.0 Å². The zero-order valence-electron chi connectivity index (χ0n) is 17.9. The van der Waals surface area contributed by atoms with Crippen LogP contribution in [0.25, 0.3) is 0 Å². The van der Waals surface area contributed by atoms with Crippen LogP contribution in [-0.2, 0) is 20.9 Å². The van der Waals surface area contributed by atoms with Gasteiger partial charge in [-0.05, 0) is 58.2 Å². The Morgan fingerprint density at radius 3 is 2.84 bits per heavy atom. The number of rotatable bonds is 7. The summed E-state index contributed by atoms with van der Waals surface area (Å²) in [6.07, 6.45) is 4.88. The number of carbonyl (C=O) groups excluding carboxylic acids is 1. The van der Waals surface area contributed by atoms with Crippen molar-refractivity contribution in [1.82, 2.24) is 10.2 Å². The van der Waals surface area contributed by atoms with Crippen molar-refractivity contribution < 1.29 is 14.5 Å². The first-order chi connectivity index (χ1) is 14.7. The Labute approximate surface area is 191 Å². The fraction of sp³-hybridized carbons (Fsp3) is 0.524. The predicted octanol–water partition coefficient (Wildman–Crippen LogP) is 4.44. The molecule has 4 rings (SSSR count). The maximum Gasteiger partial charge on any atom is 0.276 e. The smallest absolute Gasteiger partial charge is 0.276 e. The van der Waals surface area contributed by atoms with Gasteiger partial charge in [0.15, 0.2) is 5.82 Å². The molecule has 1 saturated heterocycles. The number of anilines is 3. The Morgan fingerprint density at radius 1 is 1.39 bits per heavy atom. The number of hydrogen-bond donors (Lipinski definition) is 3. The molecule has 3 atom stereocenters. The van der Waals surface area contributed by atoms with Crippen LogP contribution in [0.4, 0.5) is 17.2 Å². The van der Waals surface area contributed by atoms with E-state index < -0.39 is 5.79 Å². The van der Waals surface area contributed by atoms with Gasteiger partial charge in [0.1, 0.15) is 0 Å². The van der Waals surface area contributed by atoms with Crippen LogP contribution in [0.5, 0.6) is 0 Å². The number of carbonyl (C=O) groups is 1. The highest BCUT2D eigenvalue weighted by molar-refractivity contribution is 7.16. The summed E-state index contributed by atoms with van der Waals surface area (Å²) < 4.78 is 0.793. The number of nitrogens with zero attached hydrogens (tertiary/aromatic N) is 2. The van der Waals surface area contributed by atoms with E-state index in [0.717, 1.165) is 34.5 Å². The minimum absolute atomic E-state index is 0.110. The molecular formula is C21H28ClN5O3S. The first kappa shape index (κ1) is 22.1. The van der Waals surface area contributed by atoms with Crippen molar-refractivity contribution in [2.45, 2.75) is 64.3 Å². The van der Waals surface area contributed by atoms with Crippen LogP contribution in [0.3, 0.4) is 0 Å². The molecule has 0 radical (unpaired) electrons. The molecule has 0 bridgehead atoms. The van der Waals surface area contributed by atoms with Gasteiger partial charge in [-0.15, -0.1) is 11.3 Å². The van der Waals surface area contributed by atoms with Crippen molar-refractivity contribution in [2.75, 3.05) is 16.4 Å². The van der Waals surface area contributed by atoms with Gasteiger partial charge in [0, 0.05) is 35.5 Å². The second-order valence-electron chi connectivity index (χ2n) is 8.61. The van der Waals surface area contributed by atoms with E-state index in [9.17, 15) is 4.79 Å². The number of nitrogens with one attached hydrogen (secondary N) is 2. The molecule has 2 aromatic heterocycles. The van der Waals surface area contributed by atoms with E-state index in [1.54, 1.807) is 31.4 Å². The molecule has 168 valence electrons. The molecule has 8 nitrogen and oxygen atoms in total. The van der Waals surface area contributed by atoms with Crippen LogP contribution in [0.1, 0.15) is 44.9 Å². The molecule has 1 unspecified atom stereocenters. The number of nitrogen functional groups attached to an aromatic ring is 1. The fourth-order valence-electron chi connectivity index (χ4n) is 3.97. The molecule has 10 heteroatoms. The largest absolute Gasteiger partial charge is 0.394 e. The second kappa shape index (κ2) is 8.82. The lowest BCUT2D eigenvalue weighted by Crippen LogP contribution is -2.56. The van der Waals surface area contributed by atoms with Gasteiger partial charge >= 0.3 is 0 Å². The number of halogens is 1. The highest BCUT2D eigenvalue weighted by Gasteiger charge is 2.45. The third kappa shape index (κ3) is 5.23.